The van der Waals surface area contributed by atoms with Gasteiger partial charge in [0.15, 0.2) is 6.61 Å². The van der Waals surface area contributed by atoms with Crippen LogP contribution in [-0.2, 0) is 10.0 Å². The van der Waals surface area contributed by atoms with Crippen LogP contribution in [0.4, 0.5) is 13.2 Å². The lowest BCUT2D eigenvalue weighted by atomic mass is 10.1. The van der Waals surface area contributed by atoms with Crippen molar-refractivity contribution in [3.05, 3.63) is 18.3 Å². The Labute approximate surface area is 144 Å². The quantitative estimate of drug-likeness (QED) is 0.774. The first-order valence-corrected chi connectivity index (χ1v) is 8.57. The summed E-state index contributed by atoms with van der Waals surface area (Å²) in [4.78, 5) is 3.47. The van der Waals surface area contributed by atoms with Crippen molar-refractivity contribution in [1.29, 1.82) is 0 Å². The molecule has 2 rings (SSSR count). The first kappa shape index (κ1) is 20.9. The van der Waals surface area contributed by atoms with E-state index in [1.54, 1.807) is 0 Å². The van der Waals surface area contributed by atoms with Gasteiger partial charge in [0.1, 0.15) is 4.90 Å². The smallest absolute Gasteiger partial charge is 0.422 e. The Hall–Kier alpha value is -1.10. The molecule has 1 heterocycles. The number of nitrogens with zero attached hydrogens (tertiary/aromatic N) is 1. The number of halogens is 4. The number of ether oxygens (including phenoxy) is 1. The minimum absolute atomic E-state index is 0. The number of nitrogens with one attached hydrogen (secondary N) is 1. The summed E-state index contributed by atoms with van der Waals surface area (Å²) in [5.41, 5.74) is 5.61. The van der Waals surface area contributed by atoms with Gasteiger partial charge < -0.3 is 10.5 Å². The largest absolute Gasteiger partial charge is 0.468 e. The van der Waals surface area contributed by atoms with E-state index in [-0.39, 0.29) is 35.1 Å². The van der Waals surface area contributed by atoms with Crippen molar-refractivity contribution in [2.45, 2.75) is 36.4 Å². The number of rotatable bonds is 6. The van der Waals surface area contributed by atoms with Gasteiger partial charge in [0.2, 0.25) is 15.9 Å². The SMILES string of the molecule is Cl.NCC1CCCC1NS(=O)(=O)c1ccc(OCC(F)(F)F)nc1. The molecule has 138 valence electrons. The molecule has 1 saturated carbocycles. The van der Waals surface area contributed by atoms with E-state index in [1.165, 1.54) is 0 Å². The Morgan fingerprint density at radius 2 is 2.04 bits per heavy atom. The maximum Gasteiger partial charge on any atom is 0.422 e. The van der Waals surface area contributed by atoms with E-state index in [4.69, 9.17) is 5.73 Å². The van der Waals surface area contributed by atoms with Crippen molar-refractivity contribution in [1.82, 2.24) is 9.71 Å². The molecule has 11 heteroatoms. The molecule has 0 aliphatic heterocycles. The van der Waals surface area contributed by atoms with Gasteiger partial charge in [-0.3, -0.25) is 0 Å². The number of nitrogens with two attached hydrogens (primary N) is 1. The summed E-state index contributed by atoms with van der Waals surface area (Å²) in [5, 5.41) is 0. The maximum absolute atomic E-state index is 12.3. The Balaban J connectivity index is 0.00000288. The molecule has 1 aromatic heterocycles. The highest BCUT2D eigenvalue weighted by molar-refractivity contribution is 7.89. The summed E-state index contributed by atoms with van der Waals surface area (Å²) < 4.78 is 67.7. The molecule has 1 aliphatic carbocycles. The minimum atomic E-state index is -4.48. The van der Waals surface area contributed by atoms with Crippen molar-refractivity contribution < 1.29 is 26.3 Å². The minimum Gasteiger partial charge on any atom is -0.468 e. The number of hydrogen-bond donors (Lipinski definition) is 2. The lowest BCUT2D eigenvalue weighted by Gasteiger charge is -2.19. The van der Waals surface area contributed by atoms with E-state index < -0.39 is 22.8 Å². The molecule has 0 spiro atoms. The molecular formula is C13H19ClF3N3O3S. The van der Waals surface area contributed by atoms with E-state index in [9.17, 15) is 21.6 Å². The van der Waals surface area contributed by atoms with Gasteiger partial charge in [-0.1, -0.05) is 6.42 Å². The molecule has 1 fully saturated rings. The first-order chi connectivity index (χ1) is 10.7. The first-order valence-electron chi connectivity index (χ1n) is 7.09. The van der Waals surface area contributed by atoms with Gasteiger partial charge in [0.05, 0.1) is 6.20 Å². The summed E-state index contributed by atoms with van der Waals surface area (Å²) in [6.07, 6.45) is -1.03. The molecule has 2 atom stereocenters. The molecule has 6 nitrogen and oxygen atoms in total. The van der Waals surface area contributed by atoms with Crippen LogP contribution < -0.4 is 15.2 Å². The fourth-order valence-corrected chi connectivity index (χ4v) is 3.79. The number of alkyl halides is 3. The highest BCUT2D eigenvalue weighted by atomic mass is 35.5. The van der Waals surface area contributed by atoms with E-state index in [2.05, 4.69) is 14.4 Å². The highest BCUT2D eigenvalue weighted by Gasteiger charge is 2.31. The molecular weight excluding hydrogens is 371 g/mol. The highest BCUT2D eigenvalue weighted by Crippen LogP contribution is 2.26. The van der Waals surface area contributed by atoms with Crippen LogP contribution in [0.3, 0.4) is 0 Å². The molecule has 1 aromatic rings. The zero-order chi connectivity index (χ0) is 17.1. The van der Waals surface area contributed by atoms with E-state index in [0.717, 1.165) is 31.2 Å². The summed E-state index contributed by atoms with van der Waals surface area (Å²) >= 11 is 0. The van der Waals surface area contributed by atoms with Gasteiger partial charge in [0, 0.05) is 12.1 Å². The lowest BCUT2D eigenvalue weighted by molar-refractivity contribution is -0.154. The van der Waals surface area contributed by atoms with Crippen LogP contribution in [0.5, 0.6) is 5.88 Å². The Morgan fingerprint density at radius 3 is 2.58 bits per heavy atom. The Kier molecular flexibility index (Phi) is 7.26. The number of pyridine rings is 1. The predicted octanol–water partition coefficient (Wildman–Crippen LogP) is 1.85. The third kappa shape index (κ3) is 5.76. The zero-order valence-electron chi connectivity index (χ0n) is 12.6. The summed E-state index contributed by atoms with van der Waals surface area (Å²) in [7, 11) is -3.79. The molecule has 0 amide bonds. The maximum atomic E-state index is 12.3. The van der Waals surface area contributed by atoms with Gasteiger partial charge in [-0.05, 0) is 31.4 Å². The predicted molar refractivity (Wildman–Crippen MR) is 83.5 cm³/mol. The molecule has 0 bridgehead atoms. The standard InChI is InChI=1S/C13H18F3N3O3S.ClH/c14-13(15,16)8-22-12-5-4-10(7-18-12)23(20,21)19-11-3-1-2-9(11)6-17;/h4-5,7,9,11,19H,1-3,6,8,17H2;1H. The fraction of sp³-hybridized carbons (Fsp3) is 0.615. The fourth-order valence-electron chi connectivity index (χ4n) is 2.51. The molecule has 0 radical (unpaired) electrons. The van der Waals surface area contributed by atoms with Crippen LogP contribution in [0.1, 0.15) is 19.3 Å². The Bertz CT molecular complexity index is 626. The van der Waals surface area contributed by atoms with Gasteiger partial charge >= 0.3 is 6.18 Å². The van der Waals surface area contributed by atoms with Crippen LogP contribution >= 0.6 is 12.4 Å². The van der Waals surface area contributed by atoms with Gasteiger partial charge in [0.25, 0.3) is 0 Å². The average molecular weight is 390 g/mol. The summed E-state index contributed by atoms with van der Waals surface area (Å²) in [6, 6.07) is 2.02. The number of sulfonamides is 1. The monoisotopic (exact) mass is 389 g/mol. The second-order valence-electron chi connectivity index (χ2n) is 5.39. The number of aromatic nitrogens is 1. The van der Waals surface area contributed by atoms with Crippen LogP contribution in [0, 0.1) is 5.92 Å². The van der Waals surface area contributed by atoms with Crippen molar-refractivity contribution in [3.63, 3.8) is 0 Å². The average Bonchev–Trinajstić information content (AvgIpc) is 2.91. The van der Waals surface area contributed by atoms with Gasteiger partial charge in [-0.25, -0.2) is 18.1 Å². The lowest BCUT2D eigenvalue weighted by Crippen LogP contribution is -2.39. The topological polar surface area (TPSA) is 94.3 Å². The second-order valence-corrected chi connectivity index (χ2v) is 7.10. The van der Waals surface area contributed by atoms with Crippen molar-refractivity contribution >= 4 is 22.4 Å². The molecule has 24 heavy (non-hydrogen) atoms. The van der Waals surface area contributed by atoms with Gasteiger partial charge in [-0.15, -0.1) is 12.4 Å². The van der Waals surface area contributed by atoms with Crippen LogP contribution in [0.15, 0.2) is 23.2 Å². The van der Waals surface area contributed by atoms with Crippen molar-refractivity contribution in [2.75, 3.05) is 13.2 Å². The van der Waals surface area contributed by atoms with E-state index in [1.807, 2.05) is 0 Å². The van der Waals surface area contributed by atoms with Crippen LogP contribution in [-0.4, -0.2) is 38.8 Å². The normalized spacial score (nSPS) is 21.3. The van der Waals surface area contributed by atoms with Crippen molar-refractivity contribution in [3.8, 4) is 5.88 Å². The van der Waals surface area contributed by atoms with Crippen molar-refractivity contribution in [2.24, 2.45) is 11.7 Å². The van der Waals surface area contributed by atoms with Crippen LogP contribution in [0.25, 0.3) is 0 Å². The molecule has 1 aliphatic rings. The molecule has 0 saturated heterocycles. The molecule has 3 N–H and O–H groups in total. The molecule has 2 unspecified atom stereocenters. The summed E-state index contributed by atoms with van der Waals surface area (Å²) in [5.74, 6) is -0.200. The Morgan fingerprint density at radius 1 is 1.33 bits per heavy atom. The number of hydrogen-bond acceptors (Lipinski definition) is 5. The zero-order valence-corrected chi connectivity index (χ0v) is 14.3. The van der Waals surface area contributed by atoms with Crippen LogP contribution in [0.2, 0.25) is 0 Å². The second kappa shape index (κ2) is 8.32. The third-order valence-electron chi connectivity index (χ3n) is 3.67. The summed E-state index contributed by atoms with van der Waals surface area (Å²) in [6.45, 7) is -1.08. The third-order valence-corrected chi connectivity index (χ3v) is 5.15. The van der Waals surface area contributed by atoms with Gasteiger partial charge in [-0.2, -0.15) is 13.2 Å². The van der Waals surface area contributed by atoms with E-state index in [0.29, 0.717) is 13.0 Å². The molecule has 0 aromatic carbocycles. The van der Waals surface area contributed by atoms with E-state index >= 15 is 0 Å².